The van der Waals surface area contributed by atoms with E-state index < -0.39 is 23.6 Å². The van der Waals surface area contributed by atoms with Crippen LogP contribution in [0, 0.1) is 11.7 Å². The Kier molecular flexibility index (Phi) is 4.65. The molecular formula is C12H15FN2O3. The number of halogens is 1. The topological polar surface area (TPSA) is 92.4 Å². The number of carbonyl (C=O) groups excluding carboxylic acids is 1. The zero-order valence-corrected chi connectivity index (χ0v) is 9.94. The van der Waals surface area contributed by atoms with Crippen LogP contribution in [0.25, 0.3) is 0 Å². The summed E-state index contributed by atoms with van der Waals surface area (Å²) in [5.74, 6) is -2.96. The van der Waals surface area contributed by atoms with Crippen LogP contribution in [-0.2, 0) is 4.79 Å². The summed E-state index contributed by atoms with van der Waals surface area (Å²) in [6.45, 7) is 1.89. The number of carboxylic acids is 1. The first-order valence-corrected chi connectivity index (χ1v) is 5.48. The number of hydrogen-bond donors (Lipinski definition) is 3. The average molecular weight is 254 g/mol. The minimum atomic E-state index is -0.897. The molecule has 98 valence electrons. The number of carbonyl (C=O) groups is 2. The fourth-order valence-electron chi connectivity index (χ4n) is 1.47. The Morgan fingerprint density at radius 1 is 1.50 bits per heavy atom. The third kappa shape index (κ3) is 3.44. The van der Waals surface area contributed by atoms with Gasteiger partial charge in [-0.3, -0.25) is 9.59 Å². The highest BCUT2D eigenvalue weighted by Gasteiger charge is 2.14. The van der Waals surface area contributed by atoms with E-state index in [1.165, 1.54) is 12.1 Å². The molecule has 0 saturated carbocycles. The molecule has 1 rings (SSSR count). The summed E-state index contributed by atoms with van der Waals surface area (Å²) in [6, 6.07) is 4.12. The number of primary amides is 1. The molecule has 0 saturated heterocycles. The summed E-state index contributed by atoms with van der Waals surface area (Å²) in [5, 5.41) is 11.5. The minimum Gasteiger partial charge on any atom is -0.481 e. The van der Waals surface area contributed by atoms with E-state index in [-0.39, 0.29) is 11.3 Å². The van der Waals surface area contributed by atoms with Gasteiger partial charge >= 0.3 is 5.97 Å². The summed E-state index contributed by atoms with van der Waals surface area (Å²) in [7, 11) is 0. The van der Waals surface area contributed by atoms with Gasteiger partial charge in [0.05, 0.1) is 11.5 Å². The number of benzene rings is 1. The van der Waals surface area contributed by atoms with Crippen molar-refractivity contribution in [3.05, 3.63) is 29.6 Å². The molecule has 1 aromatic rings. The molecule has 5 nitrogen and oxygen atoms in total. The fourth-order valence-corrected chi connectivity index (χ4v) is 1.47. The second kappa shape index (κ2) is 6.00. The zero-order chi connectivity index (χ0) is 13.7. The van der Waals surface area contributed by atoms with E-state index in [1.54, 1.807) is 6.92 Å². The second-order valence-corrected chi connectivity index (χ2v) is 3.98. The number of aliphatic carboxylic acids is 1. The van der Waals surface area contributed by atoms with E-state index in [1.807, 2.05) is 0 Å². The maximum atomic E-state index is 13.4. The lowest BCUT2D eigenvalue weighted by Crippen LogP contribution is -2.19. The van der Waals surface area contributed by atoms with Gasteiger partial charge in [0.1, 0.15) is 5.82 Å². The first-order chi connectivity index (χ1) is 8.43. The molecule has 0 fully saturated rings. The van der Waals surface area contributed by atoms with Gasteiger partial charge in [-0.25, -0.2) is 4.39 Å². The van der Waals surface area contributed by atoms with Crippen molar-refractivity contribution in [2.45, 2.75) is 13.3 Å². The van der Waals surface area contributed by atoms with Crippen molar-refractivity contribution in [3.8, 4) is 0 Å². The summed E-state index contributed by atoms with van der Waals surface area (Å²) in [4.78, 5) is 21.7. The maximum absolute atomic E-state index is 13.4. The Balaban J connectivity index is 2.71. The number of nitrogens with two attached hydrogens (primary N) is 1. The lowest BCUT2D eigenvalue weighted by molar-refractivity contribution is -0.141. The van der Waals surface area contributed by atoms with Crippen LogP contribution in [0.5, 0.6) is 0 Å². The van der Waals surface area contributed by atoms with E-state index in [4.69, 9.17) is 10.8 Å². The van der Waals surface area contributed by atoms with Gasteiger partial charge in [-0.2, -0.15) is 0 Å². The molecule has 4 N–H and O–H groups in total. The SMILES string of the molecule is CC(CCNc1cccc(F)c1C(N)=O)C(=O)O. The number of nitrogens with one attached hydrogen (secondary N) is 1. The van der Waals surface area contributed by atoms with E-state index in [0.717, 1.165) is 6.07 Å². The molecule has 0 aromatic heterocycles. The summed E-state index contributed by atoms with van der Waals surface area (Å²) in [5.41, 5.74) is 5.15. The Morgan fingerprint density at radius 3 is 2.72 bits per heavy atom. The Labute approximate surface area is 104 Å². The molecule has 1 amide bonds. The molecule has 1 unspecified atom stereocenters. The molecule has 6 heteroatoms. The lowest BCUT2D eigenvalue weighted by Gasteiger charge is -2.12. The van der Waals surface area contributed by atoms with E-state index in [2.05, 4.69) is 5.32 Å². The number of rotatable bonds is 6. The molecule has 0 spiro atoms. The molecule has 0 aliphatic heterocycles. The highest BCUT2D eigenvalue weighted by atomic mass is 19.1. The first kappa shape index (κ1) is 14.0. The van der Waals surface area contributed by atoms with Crippen LogP contribution >= 0.6 is 0 Å². The Morgan fingerprint density at radius 2 is 2.17 bits per heavy atom. The molecular weight excluding hydrogens is 239 g/mol. The molecule has 1 aromatic carbocycles. The highest BCUT2D eigenvalue weighted by molar-refractivity contribution is 5.98. The minimum absolute atomic E-state index is 0.208. The molecule has 18 heavy (non-hydrogen) atoms. The van der Waals surface area contributed by atoms with Gasteiger partial charge in [-0.15, -0.1) is 0 Å². The molecule has 1 atom stereocenters. The third-order valence-corrected chi connectivity index (χ3v) is 2.57. The largest absolute Gasteiger partial charge is 0.481 e. The van der Waals surface area contributed by atoms with E-state index in [9.17, 15) is 14.0 Å². The van der Waals surface area contributed by atoms with Gasteiger partial charge in [0.2, 0.25) is 0 Å². The molecule has 0 radical (unpaired) electrons. The molecule has 0 heterocycles. The Bertz CT molecular complexity index is 463. The van der Waals surface area contributed by atoms with Crippen molar-refractivity contribution in [3.63, 3.8) is 0 Å². The predicted molar refractivity (Wildman–Crippen MR) is 64.8 cm³/mol. The van der Waals surface area contributed by atoms with Gasteiger partial charge in [-0.05, 0) is 18.6 Å². The van der Waals surface area contributed by atoms with Crippen molar-refractivity contribution in [2.75, 3.05) is 11.9 Å². The number of hydrogen-bond acceptors (Lipinski definition) is 3. The normalized spacial score (nSPS) is 11.9. The van der Waals surface area contributed by atoms with Crippen molar-refractivity contribution in [1.29, 1.82) is 0 Å². The van der Waals surface area contributed by atoms with Crippen LogP contribution < -0.4 is 11.1 Å². The smallest absolute Gasteiger partial charge is 0.306 e. The third-order valence-electron chi connectivity index (χ3n) is 2.57. The van der Waals surface area contributed by atoms with Gasteiger partial charge in [0.25, 0.3) is 5.91 Å². The molecule has 0 bridgehead atoms. The first-order valence-electron chi connectivity index (χ1n) is 5.48. The average Bonchev–Trinajstić information content (AvgIpc) is 2.28. The van der Waals surface area contributed by atoms with E-state index >= 15 is 0 Å². The van der Waals surface area contributed by atoms with Gasteiger partial charge in [-0.1, -0.05) is 13.0 Å². The number of anilines is 1. The van der Waals surface area contributed by atoms with Crippen molar-refractivity contribution < 1.29 is 19.1 Å². The van der Waals surface area contributed by atoms with Crippen molar-refractivity contribution in [1.82, 2.24) is 0 Å². The molecule has 0 aliphatic carbocycles. The van der Waals surface area contributed by atoms with Crippen LogP contribution in [-0.4, -0.2) is 23.5 Å². The van der Waals surface area contributed by atoms with Crippen LogP contribution in [0.15, 0.2) is 18.2 Å². The van der Waals surface area contributed by atoms with E-state index in [0.29, 0.717) is 13.0 Å². The fraction of sp³-hybridized carbons (Fsp3) is 0.333. The zero-order valence-electron chi connectivity index (χ0n) is 9.94. The van der Waals surface area contributed by atoms with Crippen LogP contribution in [0.3, 0.4) is 0 Å². The van der Waals surface area contributed by atoms with Gasteiger partial charge in [0, 0.05) is 12.2 Å². The summed E-state index contributed by atoms with van der Waals surface area (Å²) in [6.07, 6.45) is 0.365. The van der Waals surface area contributed by atoms with Gasteiger partial charge < -0.3 is 16.2 Å². The monoisotopic (exact) mass is 254 g/mol. The predicted octanol–water partition coefficient (Wildman–Crippen LogP) is 1.45. The molecule has 0 aliphatic rings. The quantitative estimate of drug-likeness (QED) is 0.716. The van der Waals surface area contributed by atoms with Crippen LogP contribution in [0.1, 0.15) is 23.7 Å². The summed E-state index contributed by atoms with van der Waals surface area (Å²) < 4.78 is 13.4. The maximum Gasteiger partial charge on any atom is 0.306 e. The van der Waals surface area contributed by atoms with Crippen LogP contribution in [0.2, 0.25) is 0 Å². The van der Waals surface area contributed by atoms with Crippen molar-refractivity contribution >= 4 is 17.6 Å². The highest BCUT2D eigenvalue weighted by Crippen LogP contribution is 2.18. The Hall–Kier alpha value is -2.11. The number of amides is 1. The second-order valence-electron chi connectivity index (χ2n) is 3.98. The lowest BCUT2D eigenvalue weighted by atomic mass is 10.1. The van der Waals surface area contributed by atoms with Crippen LogP contribution in [0.4, 0.5) is 10.1 Å². The number of carboxylic acid groups (broad SMARTS) is 1. The summed E-state index contributed by atoms with van der Waals surface area (Å²) >= 11 is 0. The van der Waals surface area contributed by atoms with Gasteiger partial charge in [0.15, 0.2) is 0 Å². The van der Waals surface area contributed by atoms with Crippen molar-refractivity contribution in [2.24, 2.45) is 11.7 Å². The standard InChI is InChI=1S/C12H15FN2O3/c1-7(12(17)18)5-6-15-9-4-2-3-8(13)10(9)11(14)16/h2-4,7,15H,5-6H2,1H3,(H2,14,16)(H,17,18).